The van der Waals surface area contributed by atoms with Gasteiger partial charge < -0.3 is 10.6 Å². The minimum atomic E-state index is 0.446. The maximum atomic E-state index is 6.11. The maximum absolute atomic E-state index is 6.11. The molecule has 0 aromatic heterocycles. The van der Waals surface area contributed by atoms with Crippen molar-refractivity contribution < 1.29 is 0 Å². The lowest BCUT2D eigenvalue weighted by Gasteiger charge is -2.36. The first-order chi connectivity index (χ1) is 7.77. The van der Waals surface area contributed by atoms with Gasteiger partial charge in [0.25, 0.3) is 0 Å². The van der Waals surface area contributed by atoms with Crippen molar-refractivity contribution in [3.05, 3.63) is 12.7 Å². The fraction of sp³-hybridized carbons (Fsp3) is 0.857. The van der Waals surface area contributed by atoms with Crippen LogP contribution in [0.4, 0.5) is 0 Å². The molecule has 2 heteroatoms. The highest BCUT2D eigenvalue weighted by Crippen LogP contribution is 2.18. The van der Waals surface area contributed by atoms with Crippen molar-refractivity contribution in [2.75, 3.05) is 19.6 Å². The van der Waals surface area contributed by atoms with Crippen molar-refractivity contribution in [3.63, 3.8) is 0 Å². The topological polar surface area (TPSA) is 29.3 Å². The zero-order valence-electron chi connectivity index (χ0n) is 10.8. The molecule has 1 aliphatic rings. The number of piperidine rings is 1. The molecule has 94 valence electrons. The van der Waals surface area contributed by atoms with Crippen LogP contribution >= 0.6 is 0 Å². The second-order valence-corrected chi connectivity index (χ2v) is 5.06. The summed E-state index contributed by atoms with van der Waals surface area (Å²) in [6.07, 6.45) is 9.58. The predicted molar refractivity (Wildman–Crippen MR) is 71.5 cm³/mol. The largest absolute Gasteiger partial charge is 0.327 e. The Balaban J connectivity index is 2.11. The molecular formula is C14H28N2. The van der Waals surface area contributed by atoms with Crippen LogP contribution in [0.3, 0.4) is 0 Å². The molecule has 0 bridgehead atoms. The molecule has 0 aromatic rings. The summed E-state index contributed by atoms with van der Waals surface area (Å²) in [7, 11) is 0. The highest BCUT2D eigenvalue weighted by Gasteiger charge is 2.24. The third kappa shape index (κ3) is 4.67. The molecule has 0 spiro atoms. The molecule has 1 heterocycles. The number of unbranched alkanes of at least 4 members (excludes halogenated alkanes) is 3. The van der Waals surface area contributed by atoms with Gasteiger partial charge in [-0.1, -0.05) is 25.8 Å². The smallest absolute Gasteiger partial charge is 0.00914 e. The maximum Gasteiger partial charge on any atom is 0.00914 e. The lowest BCUT2D eigenvalue weighted by Crippen LogP contribution is -2.47. The lowest BCUT2D eigenvalue weighted by atomic mass is 9.90. The molecule has 0 aromatic carbocycles. The Bertz CT molecular complexity index is 191. The fourth-order valence-electron chi connectivity index (χ4n) is 2.56. The molecule has 0 radical (unpaired) electrons. The molecule has 2 atom stereocenters. The van der Waals surface area contributed by atoms with Gasteiger partial charge in [-0.05, 0) is 44.7 Å². The zero-order chi connectivity index (χ0) is 11.8. The molecule has 1 aliphatic heterocycles. The Morgan fingerprint density at radius 1 is 1.38 bits per heavy atom. The van der Waals surface area contributed by atoms with Crippen molar-refractivity contribution >= 4 is 0 Å². The SMILES string of the molecule is C=CCCCCCN1CCC(N)C(CC)C1. The first kappa shape index (κ1) is 13.7. The molecule has 1 fully saturated rings. The van der Waals surface area contributed by atoms with E-state index < -0.39 is 0 Å². The molecule has 2 unspecified atom stereocenters. The summed E-state index contributed by atoms with van der Waals surface area (Å²) in [5.41, 5.74) is 6.11. The van der Waals surface area contributed by atoms with E-state index in [-0.39, 0.29) is 0 Å². The van der Waals surface area contributed by atoms with Gasteiger partial charge >= 0.3 is 0 Å². The highest BCUT2D eigenvalue weighted by molar-refractivity contribution is 4.81. The van der Waals surface area contributed by atoms with E-state index in [4.69, 9.17) is 5.73 Å². The Labute approximate surface area is 101 Å². The lowest BCUT2D eigenvalue weighted by molar-refractivity contribution is 0.149. The molecule has 1 saturated heterocycles. The third-order valence-corrected chi connectivity index (χ3v) is 3.78. The van der Waals surface area contributed by atoms with E-state index in [0.29, 0.717) is 6.04 Å². The Kier molecular flexibility index (Phi) is 6.74. The summed E-state index contributed by atoms with van der Waals surface area (Å²) in [5, 5.41) is 0. The van der Waals surface area contributed by atoms with Crippen molar-refractivity contribution in [2.45, 2.75) is 51.5 Å². The standard InChI is InChI=1S/C14H28N2/c1-3-5-6-7-8-10-16-11-9-14(15)13(4-2)12-16/h3,13-14H,1,4-12,15H2,2H3. The van der Waals surface area contributed by atoms with E-state index >= 15 is 0 Å². The molecule has 0 amide bonds. The predicted octanol–water partition coefficient (Wildman–Crippen LogP) is 2.79. The Morgan fingerprint density at radius 3 is 2.88 bits per heavy atom. The van der Waals surface area contributed by atoms with Crippen LogP contribution in [0.5, 0.6) is 0 Å². The van der Waals surface area contributed by atoms with Gasteiger partial charge in [0.15, 0.2) is 0 Å². The van der Waals surface area contributed by atoms with Crippen LogP contribution in [0.25, 0.3) is 0 Å². The zero-order valence-corrected chi connectivity index (χ0v) is 10.8. The van der Waals surface area contributed by atoms with Crippen LogP contribution in [-0.4, -0.2) is 30.6 Å². The summed E-state index contributed by atoms with van der Waals surface area (Å²) in [4.78, 5) is 2.60. The Morgan fingerprint density at radius 2 is 2.19 bits per heavy atom. The van der Waals surface area contributed by atoms with Gasteiger partial charge in [0, 0.05) is 12.6 Å². The summed E-state index contributed by atoms with van der Waals surface area (Å²) >= 11 is 0. The van der Waals surface area contributed by atoms with Crippen molar-refractivity contribution in [2.24, 2.45) is 11.7 Å². The molecule has 16 heavy (non-hydrogen) atoms. The van der Waals surface area contributed by atoms with Crippen molar-refractivity contribution in [3.8, 4) is 0 Å². The van der Waals surface area contributed by atoms with E-state index in [1.54, 1.807) is 0 Å². The van der Waals surface area contributed by atoms with E-state index in [2.05, 4.69) is 18.4 Å². The minimum Gasteiger partial charge on any atom is -0.327 e. The quantitative estimate of drug-likeness (QED) is 0.532. The highest BCUT2D eigenvalue weighted by atomic mass is 15.1. The number of hydrogen-bond donors (Lipinski definition) is 1. The van der Waals surface area contributed by atoms with E-state index in [0.717, 1.165) is 5.92 Å². The summed E-state index contributed by atoms with van der Waals surface area (Å²) in [5.74, 6) is 0.724. The first-order valence-electron chi connectivity index (χ1n) is 6.86. The van der Waals surface area contributed by atoms with Gasteiger partial charge in [-0.15, -0.1) is 6.58 Å². The molecule has 0 saturated carbocycles. The van der Waals surface area contributed by atoms with Crippen LogP contribution in [0, 0.1) is 5.92 Å². The summed E-state index contributed by atoms with van der Waals surface area (Å²) in [6.45, 7) is 9.71. The number of hydrogen-bond acceptors (Lipinski definition) is 2. The van der Waals surface area contributed by atoms with Crippen LogP contribution in [0.2, 0.25) is 0 Å². The van der Waals surface area contributed by atoms with Gasteiger partial charge in [-0.2, -0.15) is 0 Å². The first-order valence-corrected chi connectivity index (χ1v) is 6.86. The molecule has 2 nitrogen and oxygen atoms in total. The normalized spacial score (nSPS) is 26.9. The Hall–Kier alpha value is -0.340. The van der Waals surface area contributed by atoms with Crippen LogP contribution < -0.4 is 5.73 Å². The molecule has 1 rings (SSSR count). The average molecular weight is 224 g/mol. The van der Waals surface area contributed by atoms with Crippen molar-refractivity contribution in [1.82, 2.24) is 4.90 Å². The van der Waals surface area contributed by atoms with Gasteiger partial charge in [-0.3, -0.25) is 0 Å². The fourth-order valence-corrected chi connectivity index (χ4v) is 2.56. The number of rotatable bonds is 7. The van der Waals surface area contributed by atoms with E-state index in [1.165, 1.54) is 58.2 Å². The van der Waals surface area contributed by atoms with Crippen LogP contribution in [0.1, 0.15) is 45.4 Å². The molecule has 2 N–H and O–H groups in total. The van der Waals surface area contributed by atoms with Crippen molar-refractivity contribution in [1.29, 1.82) is 0 Å². The van der Waals surface area contributed by atoms with Gasteiger partial charge in [0.2, 0.25) is 0 Å². The van der Waals surface area contributed by atoms with Crippen LogP contribution in [0.15, 0.2) is 12.7 Å². The van der Waals surface area contributed by atoms with E-state index in [1.807, 2.05) is 6.08 Å². The molecular weight excluding hydrogens is 196 g/mol. The van der Waals surface area contributed by atoms with Gasteiger partial charge in [0.1, 0.15) is 0 Å². The molecule has 0 aliphatic carbocycles. The van der Waals surface area contributed by atoms with Crippen LogP contribution in [-0.2, 0) is 0 Å². The van der Waals surface area contributed by atoms with Gasteiger partial charge in [0.05, 0.1) is 0 Å². The monoisotopic (exact) mass is 224 g/mol. The second kappa shape index (κ2) is 7.86. The number of allylic oxidation sites excluding steroid dienone is 1. The third-order valence-electron chi connectivity index (χ3n) is 3.78. The van der Waals surface area contributed by atoms with Gasteiger partial charge in [-0.25, -0.2) is 0 Å². The van der Waals surface area contributed by atoms with E-state index in [9.17, 15) is 0 Å². The minimum absolute atomic E-state index is 0.446. The summed E-state index contributed by atoms with van der Waals surface area (Å²) in [6, 6.07) is 0.446. The second-order valence-electron chi connectivity index (χ2n) is 5.06. The number of nitrogens with zero attached hydrogens (tertiary/aromatic N) is 1. The number of nitrogens with two attached hydrogens (primary N) is 1. The number of likely N-dealkylation sites (tertiary alicyclic amines) is 1. The summed E-state index contributed by atoms with van der Waals surface area (Å²) < 4.78 is 0. The average Bonchev–Trinajstić information content (AvgIpc) is 2.31.